The number of amides is 1. The number of morpholine rings is 1. The first-order valence-electron chi connectivity index (χ1n) is 6.86. The van der Waals surface area contributed by atoms with Crippen molar-refractivity contribution in [1.82, 2.24) is 4.90 Å². The summed E-state index contributed by atoms with van der Waals surface area (Å²) in [7, 11) is 1.58. The molecule has 1 atom stereocenters. The van der Waals surface area contributed by atoms with Gasteiger partial charge in [-0.25, -0.2) is 0 Å². The summed E-state index contributed by atoms with van der Waals surface area (Å²) in [6.07, 6.45) is -0.207. The van der Waals surface area contributed by atoms with E-state index in [0.29, 0.717) is 38.3 Å². The number of benzene rings is 1. The summed E-state index contributed by atoms with van der Waals surface area (Å²) in [5.74, 6) is 0.602. The van der Waals surface area contributed by atoms with E-state index >= 15 is 0 Å². The summed E-state index contributed by atoms with van der Waals surface area (Å²) in [4.78, 5) is 18.6. The molecule has 1 amide bonds. The standard InChI is InChI=1S/C15H17Br2N3O3/c1-7-6-20(14(19-3)13(23-7)8(2)18)15(22)9-4-10(16)12(21)11(17)5-9/h4-5,7,21H,6,18H2,1-3H3/t7-/m0/s1. The van der Waals surface area contributed by atoms with Gasteiger partial charge >= 0.3 is 0 Å². The van der Waals surface area contributed by atoms with Gasteiger partial charge in [-0.05, 0) is 57.8 Å². The van der Waals surface area contributed by atoms with Crippen molar-refractivity contribution in [1.29, 1.82) is 0 Å². The SMILES string of the molecule is CN=C1C(=C(C)N)O[C@@H](C)CN1C(=O)c1cc(Br)c(O)c(Br)c1. The molecule has 1 heterocycles. The molecule has 8 heteroatoms. The number of allylic oxidation sites excluding steroid dienone is 1. The van der Waals surface area contributed by atoms with Crippen molar-refractivity contribution in [3.05, 3.63) is 38.1 Å². The van der Waals surface area contributed by atoms with E-state index < -0.39 is 0 Å². The number of aromatic hydroxyl groups is 1. The minimum atomic E-state index is -0.249. The van der Waals surface area contributed by atoms with Gasteiger partial charge in [0.25, 0.3) is 5.91 Å². The lowest BCUT2D eigenvalue weighted by Gasteiger charge is -2.34. The number of ether oxygens (including phenoxy) is 1. The zero-order valence-corrected chi connectivity index (χ0v) is 16.1. The fourth-order valence-corrected chi connectivity index (χ4v) is 3.46. The second-order valence-electron chi connectivity index (χ2n) is 5.19. The number of phenols is 1. The molecule has 23 heavy (non-hydrogen) atoms. The Morgan fingerprint density at radius 1 is 1.43 bits per heavy atom. The van der Waals surface area contributed by atoms with Crippen LogP contribution in [0.25, 0.3) is 0 Å². The molecule has 0 unspecified atom stereocenters. The molecule has 1 aromatic carbocycles. The van der Waals surface area contributed by atoms with Crippen molar-refractivity contribution < 1.29 is 14.6 Å². The number of nitrogens with two attached hydrogens (primary N) is 1. The van der Waals surface area contributed by atoms with Crippen LogP contribution in [0.1, 0.15) is 24.2 Å². The summed E-state index contributed by atoms with van der Waals surface area (Å²) in [6, 6.07) is 3.13. The van der Waals surface area contributed by atoms with Crippen molar-refractivity contribution in [3.8, 4) is 5.75 Å². The van der Waals surface area contributed by atoms with Crippen LogP contribution in [0.5, 0.6) is 5.75 Å². The van der Waals surface area contributed by atoms with Crippen molar-refractivity contribution in [2.75, 3.05) is 13.6 Å². The first-order valence-corrected chi connectivity index (χ1v) is 8.44. The third-order valence-electron chi connectivity index (χ3n) is 3.30. The number of rotatable bonds is 1. The first-order chi connectivity index (χ1) is 10.8. The van der Waals surface area contributed by atoms with Crippen LogP contribution in [0.2, 0.25) is 0 Å². The van der Waals surface area contributed by atoms with Crippen LogP contribution >= 0.6 is 31.9 Å². The van der Waals surface area contributed by atoms with Crippen LogP contribution in [0.4, 0.5) is 0 Å². The van der Waals surface area contributed by atoms with Crippen molar-refractivity contribution in [2.45, 2.75) is 20.0 Å². The lowest BCUT2D eigenvalue weighted by molar-refractivity contribution is 0.0620. The highest BCUT2D eigenvalue weighted by atomic mass is 79.9. The molecule has 124 valence electrons. The molecular weight excluding hydrogens is 430 g/mol. The minimum absolute atomic E-state index is 0.0414. The number of carbonyl (C=O) groups is 1. The summed E-state index contributed by atoms with van der Waals surface area (Å²) in [5, 5.41) is 9.79. The number of halogens is 2. The predicted molar refractivity (Wildman–Crippen MR) is 95.3 cm³/mol. The molecule has 0 spiro atoms. The van der Waals surface area contributed by atoms with Gasteiger partial charge in [-0.2, -0.15) is 0 Å². The highest BCUT2D eigenvalue weighted by molar-refractivity contribution is 9.11. The topological polar surface area (TPSA) is 88.2 Å². The summed E-state index contributed by atoms with van der Waals surface area (Å²) >= 11 is 6.47. The second-order valence-corrected chi connectivity index (χ2v) is 6.90. The molecular formula is C15H17Br2N3O3. The molecule has 0 radical (unpaired) electrons. The number of phenolic OH excluding ortho intramolecular Hbond substituents is 1. The van der Waals surface area contributed by atoms with Gasteiger partial charge in [0.15, 0.2) is 11.6 Å². The molecule has 1 saturated heterocycles. The number of amidine groups is 1. The van der Waals surface area contributed by atoms with Crippen molar-refractivity contribution >= 4 is 43.6 Å². The largest absolute Gasteiger partial charge is 0.506 e. The Morgan fingerprint density at radius 3 is 2.48 bits per heavy atom. The van der Waals surface area contributed by atoms with Gasteiger partial charge in [-0.3, -0.25) is 14.7 Å². The van der Waals surface area contributed by atoms with Crippen molar-refractivity contribution in [2.24, 2.45) is 10.7 Å². The van der Waals surface area contributed by atoms with E-state index in [1.165, 1.54) is 4.90 Å². The van der Waals surface area contributed by atoms with E-state index in [1.54, 1.807) is 26.1 Å². The smallest absolute Gasteiger partial charge is 0.259 e. The zero-order chi connectivity index (χ0) is 17.3. The van der Waals surface area contributed by atoms with Crippen LogP contribution < -0.4 is 5.73 Å². The molecule has 6 nitrogen and oxygen atoms in total. The number of nitrogens with zero attached hydrogens (tertiary/aromatic N) is 2. The maximum atomic E-state index is 12.9. The fraction of sp³-hybridized carbons (Fsp3) is 0.333. The maximum absolute atomic E-state index is 12.9. The Labute approximate surface area is 151 Å². The lowest BCUT2D eigenvalue weighted by Crippen LogP contribution is -2.48. The Kier molecular flexibility index (Phi) is 5.36. The Bertz CT molecular complexity index is 689. The second kappa shape index (κ2) is 6.92. The highest BCUT2D eigenvalue weighted by Gasteiger charge is 2.33. The van der Waals surface area contributed by atoms with E-state index in [-0.39, 0.29) is 17.8 Å². The fourth-order valence-electron chi connectivity index (χ4n) is 2.27. The highest BCUT2D eigenvalue weighted by Crippen LogP contribution is 2.34. The third kappa shape index (κ3) is 3.53. The average Bonchev–Trinajstić information content (AvgIpc) is 2.50. The van der Waals surface area contributed by atoms with Crippen LogP contribution in [0.3, 0.4) is 0 Å². The van der Waals surface area contributed by atoms with Crippen LogP contribution in [-0.2, 0) is 4.74 Å². The van der Waals surface area contributed by atoms with Gasteiger partial charge in [-0.1, -0.05) is 0 Å². The van der Waals surface area contributed by atoms with Crippen LogP contribution in [0, 0.1) is 0 Å². The molecule has 0 bridgehead atoms. The molecule has 3 N–H and O–H groups in total. The lowest BCUT2D eigenvalue weighted by atomic mass is 10.1. The summed E-state index contributed by atoms with van der Waals surface area (Å²) < 4.78 is 6.56. The van der Waals surface area contributed by atoms with Crippen LogP contribution in [0.15, 0.2) is 37.5 Å². The van der Waals surface area contributed by atoms with Gasteiger partial charge in [0.1, 0.15) is 11.9 Å². The molecule has 1 aromatic rings. The number of hydrogen-bond donors (Lipinski definition) is 2. The third-order valence-corrected chi connectivity index (χ3v) is 4.51. The van der Waals surface area contributed by atoms with E-state index in [9.17, 15) is 9.90 Å². The van der Waals surface area contributed by atoms with Gasteiger partial charge in [0, 0.05) is 12.6 Å². The first kappa shape index (κ1) is 17.8. The molecule has 0 aromatic heterocycles. The normalized spacial score (nSPS) is 22.0. The number of aliphatic imine (C=N–C) groups is 1. The molecule has 0 saturated carbocycles. The minimum Gasteiger partial charge on any atom is -0.506 e. The van der Waals surface area contributed by atoms with Gasteiger partial charge in [0.05, 0.1) is 21.2 Å². The Morgan fingerprint density at radius 2 is 2.00 bits per heavy atom. The summed E-state index contributed by atoms with van der Waals surface area (Å²) in [6.45, 7) is 3.92. The van der Waals surface area contributed by atoms with Gasteiger partial charge < -0.3 is 15.6 Å². The maximum Gasteiger partial charge on any atom is 0.259 e. The number of carbonyl (C=O) groups excluding carboxylic acids is 1. The number of hydrogen-bond acceptors (Lipinski definition) is 5. The van der Waals surface area contributed by atoms with Gasteiger partial charge in [-0.15, -0.1) is 0 Å². The van der Waals surface area contributed by atoms with E-state index in [1.807, 2.05) is 6.92 Å². The van der Waals surface area contributed by atoms with E-state index in [2.05, 4.69) is 36.9 Å². The average molecular weight is 447 g/mol. The zero-order valence-electron chi connectivity index (χ0n) is 12.9. The Balaban J connectivity index is 2.47. The molecule has 1 aliphatic rings. The van der Waals surface area contributed by atoms with Crippen LogP contribution in [-0.4, -0.2) is 41.4 Å². The quantitative estimate of drug-likeness (QED) is 0.693. The van der Waals surface area contributed by atoms with E-state index in [4.69, 9.17) is 10.5 Å². The molecule has 1 fully saturated rings. The van der Waals surface area contributed by atoms with Crippen molar-refractivity contribution in [3.63, 3.8) is 0 Å². The molecule has 2 rings (SSSR count). The summed E-state index contributed by atoms with van der Waals surface area (Å²) in [5.41, 5.74) is 6.72. The predicted octanol–water partition coefficient (Wildman–Crippen LogP) is 3.00. The van der Waals surface area contributed by atoms with Gasteiger partial charge in [0.2, 0.25) is 0 Å². The van der Waals surface area contributed by atoms with E-state index in [0.717, 1.165) is 0 Å². The monoisotopic (exact) mass is 445 g/mol. The Hall–Kier alpha value is -1.54. The molecule has 0 aliphatic carbocycles. The molecule has 1 aliphatic heterocycles.